The third-order valence-corrected chi connectivity index (χ3v) is 6.57. The number of rotatable bonds is 7. The van der Waals surface area contributed by atoms with E-state index in [1.165, 1.54) is 6.07 Å². The van der Waals surface area contributed by atoms with E-state index in [1.54, 1.807) is 36.1 Å². The van der Waals surface area contributed by atoms with E-state index in [0.717, 1.165) is 29.8 Å². The lowest BCUT2D eigenvalue weighted by molar-refractivity contribution is 0.102. The molecule has 3 heterocycles. The summed E-state index contributed by atoms with van der Waals surface area (Å²) >= 11 is 0. The number of aromatic nitrogens is 4. The van der Waals surface area contributed by atoms with Crippen molar-refractivity contribution in [2.24, 2.45) is 0 Å². The minimum Gasteiger partial charge on any atom is -0.497 e. The number of carbonyl (C=O) groups excluding carboxylic acids is 1. The van der Waals surface area contributed by atoms with Gasteiger partial charge >= 0.3 is 0 Å². The van der Waals surface area contributed by atoms with Crippen molar-refractivity contribution in [1.29, 1.82) is 0 Å². The number of anilines is 1. The Kier molecular flexibility index (Phi) is 5.67. The lowest BCUT2D eigenvalue weighted by atomic mass is 10.0. The van der Waals surface area contributed by atoms with Crippen LogP contribution in [0.5, 0.6) is 5.75 Å². The van der Waals surface area contributed by atoms with E-state index >= 15 is 0 Å². The minimum absolute atomic E-state index is 0.257. The molecule has 1 aliphatic rings. The first-order chi connectivity index (χ1) is 18.0. The van der Waals surface area contributed by atoms with Crippen molar-refractivity contribution >= 4 is 22.8 Å². The van der Waals surface area contributed by atoms with Gasteiger partial charge in [-0.25, -0.2) is 9.37 Å². The van der Waals surface area contributed by atoms with E-state index in [4.69, 9.17) is 9.26 Å². The van der Waals surface area contributed by atoms with Crippen LogP contribution >= 0.6 is 0 Å². The Bertz CT molecular complexity index is 1620. The van der Waals surface area contributed by atoms with Crippen LogP contribution in [0.1, 0.15) is 46.1 Å². The number of methoxy groups -OCH3 is 1. The van der Waals surface area contributed by atoms with Gasteiger partial charge in [0.05, 0.1) is 24.6 Å². The summed E-state index contributed by atoms with van der Waals surface area (Å²) in [6, 6.07) is 17.5. The summed E-state index contributed by atoms with van der Waals surface area (Å²) in [7, 11) is 1.60. The van der Waals surface area contributed by atoms with Crippen LogP contribution in [0.25, 0.3) is 22.4 Å². The Morgan fingerprint density at radius 3 is 2.68 bits per heavy atom. The molecule has 2 aromatic carbocycles. The fraction of sp³-hybridized carbons (Fsp3) is 0.214. The molecule has 1 N–H and O–H groups in total. The molecule has 1 fully saturated rings. The second-order valence-corrected chi connectivity index (χ2v) is 9.18. The number of fused-ring (bicyclic) bond motifs is 1. The van der Waals surface area contributed by atoms with Crippen LogP contribution in [0.15, 0.2) is 65.2 Å². The van der Waals surface area contributed by atoms with Crippen molar-refractivity contribution in [3.05, 3.63) is 89.0 Å². The topological polar surface area (TPSA) is 95.1 Å². The highest BCUT2D eigenvalue weighted by Gasteiger charge is 2.29. The average Bonchev–Trinajstić information content (AvgIpc) is 3.59. The van der Waals surface area contributed by atoms with Gasteiger partial charge in [0.1, 0.15) is 17.3 Å². The third kappa shape index (κ3) is 4.44. The zero-order valence-electron chi connectivity index (χ0n) is 20.4. The van der Waals surface area contributed by atoms with Crippen molar-refractivity contribution in [1.82, 2.24) is 19.9 Å². The van der Waals surface area contributed by atoms with Crippen LogP contribution in [0.3, 0.4) is 0 Å². The fourth-order valence-corrected chi connectivity index (χ4v) is 4.39. The highest BCUT2D eigenvalue weighted by Crippen LogP contribution is 2.41. The summed E-state index contributed by atoms with van der Waals surface area (Å²) in [4.78, 5) is 18.3. The number of halogens is 1. The van der Waals surface area contributed by atoms with Gasteiger partial charge in [-0.2, -0.15) is 5.10 Å². The van der Waals surface area contributed by atoms with Crippen LogP contribution in [-0.2, 0) is 6.54 Å². The number of nitrogens with one attached hydrogen (secondary N) is 1. The molecule has 0 saturated heterocycles. The van der Waals surface area contributed by atoms with E-state index in [0.29, 0.717) is 45.4 Å². The van der Waals surface area contributed by atoms with Gasteiger partial charge in [-0.3, -0.25) is 9.48 Å². The first-order valence-electron chi connectivity index (χ1n) is 12.0. The van der Waals surface area contributed by atoms with E-state index in [-0.39, 0.29) is 18.3 Å². The van der Waals surface area contributed by atoms with Gasteiger partial charge in [0.25, 0.3) is 11.6 Å². The maximum Gasteiger partial charge on any atom is 0.259 e. The molecule has 0 atom stereocenters. The van der Waals surface area contributed by atoms with Crippen LogP contribution < -0.4 is 10.1 Å². The number of aryl methyl sites for hydroxylation is 1. The van der Waals surface area contributed by atoms with E-state index in [9.17, 15) is 9.18 Å². The van der Waals surface area contributed by atoms with E-state index < -0.39 is 0 Å². The number of pyridine rings is 1. The summed E-state index contributed by atoms with van der Waals surface area (Å²) in [6.45, 7) is 2.12. The van der Waals surface area contributed by atoms with Crippen LogP contribution in [0.4, 0.5) is 10.2 Å². The monoisotopic (exact) mass is 497 g/mol. The molecule has 0 aliphatic heterocycles. The van der Waals surface area contributed by atoms with Gasteiger partial charge in [-0.1, -0.05) is 23.4 Å². The molecule has 186 valence electrons. The zero-order chi connectivity index (χ0) is 25.5. The van der Waals surface area contributed by atoms with Gasteiger partial charge in [-0.05, 0) is 56.2 Å². The Balaban J connectivity index is 1.35. The summed E-state index contributed by atoms with van der Waals surface area (Å²) < 4.78 is 26.7. The Morgan fingerprint density at radius 2 is 1.95 bits per heavy atom. The molecule has 6 rings (SSSR count). The second-order valence-electron chi connectivity index (χ2n) is 9.18. The molecule has 0 bridgehead atoms. The normalized spacial score (nSPS) is 13.2. The Hall–Kier alpha value is -4.53. The maximum absolute atomic E-state index is 14.2. The van der Waals surface area contributed by atoms with Crippen molar-refractivity contribution in [3.63, 3.8) is 0 Å². The first kappa shape index (κ1) is 22.9. The van der Waals surface area contributed by atoms with Gasteiger partial charge in [-0.15, -0.1) is 0 Å². The van der Waals surface area contributed by atoms with Crippen LogP contribution in [0.2, 0.25) is 0 Å². The lowest BCUT2D eigenvalue weighted by Gasteiger charge is -2.08. The molecule has 0 radical (unpaired) electrons. The number of benzene rings is 2. The minimum atomic E-state index is -0.345. The molecule has 0 spiro atoms. The number of amides is 1. The molecular formula is C28H24FN5O3. The smallest absolute Gasteiger partial charge is 0.259 e. The molecule has 37 heavy (non-hydrogen) atoms. The molecule has 9 heteroatoms. The van der Waals surface area contributed by atoms with Crippen molar-refractivity contribution in [3.8, 4) is 17.0 Å². The molecule has 3 aromatic heterocycles. The lowest BCUT2D eigenvalue weighted by Crippen LogP contribution is -2.14. The molecule has 0 unspecified atom stereocenters. The number of hydrogen-bond donors (Lipinski definition) is 1. The molecule has 8 nitrogen and oxygen atoms in total. The van der Waals surface area contributed by atoms with Gasteiger partial charge in [0.2, 0.25) is 0 Å². The molecular weight excluding hydrogens is 473 g/mol. The highest BCUT2D eigenvalue weighted by atomic mass is 19.1. The number of hydrogen-bond acceptors (Lipinski definition) is 6. The standard InChI is InChI=1S/C28H24FN5O3/c1-16-13-24(32-34(16)15-19-5-3-4-6-22(19)29)31-27(35)21-14-23(17-7-8-17)30-28-25(21)26(33-37-28)18-9-11-20(36-2)12-10-18/h3-6,9-14,17H,7-8,15H2,1-2H3,(H,31,32,35). The molecule has 1 saturated carbocycles. The molecule has 1 amide bonds. The van der Waals surface area contributed by atoms with Crippen molar-refractivity contribution in [2.45, 2.75) is 32.2 Å². The summed E-state index contributed by atoms with van der Waals surface area (Å²) in [6.07, 6.45) is 2.05. The largest absolute Gasteiger partial charge is 0.497 e. The van der Waals surface area contributed by atoms with Gasteiger partial charge in [0, 0.05) is 34.5 Å². The van der Waals surface area contributed by atoms with Crippen molar-refractivity contribution in [2.75, 3.05) is 12.4 Å². The third-order valence-electron chi connectivity index (χ3n) is 6.57. The zero-order valence-corrected chi connectivity index (χ0v) is 20.4. The van der Waals surface area contributed by atoms with E-state index in [2.05, 4.69) is 20.6 Å². The van der Waals surface area contributed by atoms with E-state index in [1.807, 2.05) is 37.3 Å². The summed E-state index contributed by atoms with van der Waals surface area (Å²) in [5.41, 5.74) is 4.17. The highest BCUT2D eigenvalue weighted by molar-refractivity contribution is 6.14. The fourth-order valence-electron chi connectivity index (χ4n) is 4.39. The van der Waals surface area contributed by atoms with Gasteiger partial charge < -0.3 is 14.6 Å². The average molecular weight is 498 g/mol. The quantitative estimate of drug-likeness (QED) is 0.309. The maximum atomic E-state index is 14.2. The summed E-state index contributed by atoms with van der Waals surface area (Å²) in [5, 5.41) is 12.2. The van der Waals surface area contributed by atoms with Crippen LogP contribution in [-0.4, -0.2) is 32.9 Å². The molecule has 5 aromatic rings. The van der Waals surface area contributed by atoms with Crippen LogP contribution in [0, 0.1) is 12.7 Å². The second kappa shape index (κ2) is 9.16. The molecule has 1 aliphatic carbocycles. The number of ether oxygens (including phenoxy) is 1. The summed E-state index contributed by atoms with van der Waals surface area (Å²) in [5.74, 6) is 0.757. The predicted octanol–water partition coefficient (Wildman–Crippen LogP) is 5.72. The number of nitrogens with zero attached hydrogens (tertiary/aromatic N) is 4. The Labute approximate surface area is 212 Å². The first-order valence-corrected chi connectivity index (χ1v) is 12.0. The number of carbonyl (C=O) groups is 1. The van der Waals surface area contributed by atoms with Crippen molar-refractivity contribution < 1.29 is 18.4 Å². The SMILES string of the molecule is COc1ccc(-c2noc3nc(C4CC4)cc(C(=O)Nc4cc(C)n(Cc5ccccc5F)n4)c23)cc1. The Morgan fingerprint density at radius 1 is 1.16 bits per heavy atom. The van der Waals surface area contributed by atoms with Gasteiger partial charge in [0.15, 0.2) is 5.82 Å². The predicted molar refractivity (Wildman–Crippen MR) is 136 cm³/mol.